The minimum atomic E-state index is 0.664. The molecular formula is C56H36N4O. The van der Waals surface area contributed by atoms with Crippen molar-refractivity contribution >= 4 is 22.1 Å². The molecule has 5 nitrogen and oxygen atoms in total. The number of furan rings is 1. The standard InChI is InChI=1S/C56H36N4O/c1-4-16-37(17-5-1)49-36-50(38-18-6-2-7-19-38)58-56(57-49)47-29-15-27-45(35-47)43-25-13-23-41(33-43)40-22-12-24-42(32-40)44-26-14-28-46(34-44)52-54-53(48-30-10-11-31-51(48)61-54)60-55(59-52)39-20-8-3-9-21-39/h1-36H. The molecule has 8 aromatic carbocycles. The van der Waals surface area contributed by atoms with E-state index in [0.717, 1.165) is 94.8 Å². The van der Waals surface area contributed by atoms with Crippen LogP contribution >= 0.6 is 0 Å². The van der Waals surface area contributed by atoms with Gasteiger partial charge in [0.2, 0.25) is 0 Å². The second-order valence-electron chi connectivity index (χ2n) is 15.1. The summed E-state index contributed by atoms with van der Waals surface area (Å²) in [7, 11) is 0. The fourth-order valence-corrected chi connectivity index (χ4v) is 8.03. The Morgan fingerprint density at radius 3 is 1.21 bits per heavy atom. The Balaban J connectivity index is 0.941. The predicted octanol–water partition coefficient (Wildman–Crippen LogP) is 14.5. The summed E-state index contributed by atoms with van der Waals surface area (Å²) >= 11 is 0. The zero-order chi connectivity index (χ0) is 40.5. The Morgan fingerprint density at radius 2 is 0.672 bits per heavy atom. The smallest absolute Gasteiger partial charge is 0.180 e. The van der Waals surface area contributed by atoms with Crippen LogP contribution in [0.4, 0.5) is 0 Å². The largest absolute Gasteiger partial charge is 0.452 e. The number of aromatic nitrogens is 4. The van der Waals surface area contributed by atoms with Gasteiger partial charge in [0.15, 0.2) is 17.2 Å². The van der Waals surface area contributed by atoms with Crippen LogP contribution < -0.4 is 0 Å². The molecule has 0 aliphatic heterocycles. The first-order valence-electron chi connectivity index (χ1n) is 20.4. The molecule has 286 valence electrons. The van der Waals surface area contributed by atoms with Gasteiger partial charge in [0.1, 0.15) is 16.8 Å². The fraction of sp³-hybridized carbons (Fsp3) is 0. The van der Waals surface area contributed by atoms with Crippen LogP contribution in [0.3, 0.4) is 0 Å². The van der Waals surface area contributed by atoms with Crippen molar-refractivity contribution in [3.63, 3.8) is 0 Å². The monoisotopic (exact) mass is 780 g/mol. The zero-order valence-corrected chi connectivity index (χ0v) is 33.0. The van der Waals surface area contributed by atoms with Gasteiger partial charge >= 0.3 is 0 Å². The molecule has 11 aromatic rings. The summed E-state index contributed by atoms with van der Waals surface area (Å²) in [5.74, 6) is 1.35. The van der Waals surface area contributed by atoms with E-state index in [1.807, 2.05) is 84.9 Å². The molecule has 0 aliphatic rings. The second kappa shape index (κ2) is 15.5. The van der Waals surface area contributed by atoms with Crippen LogP contribution in [-0.4, -0.2) is 19.9 Å². The molecule has 5 heteroatoms. The van der Waals surface area contributed by atoms with Crippen LogP contribution in [-0.2, 0) is 0 Å². The van der Waals surface area contributed by atoms with Crippen molar-refractivity contribution in [3.05, 3.63) is 218 Å². The van der Waals surface area contributed by atoms with Crippen molar-refractivity contribution in [2.75, 3.05) is 0 Å². The van der Waals surface area contributed by atoms with E-state index >= 15 is 0 Å². The second-order valence-corrected chi connectivity index (χ2v) is 15.1. The molecule has 3 aromatic heterocycles. The number of hydrogen-bond donors (Lipinski definition) is 0. The third-order valence-corrected chi connectivity index (χ3v) is 11.1. The van der Waals surface area contributed by atoms with Crippen LogP contribution in [0.25, 0.3) is 112 Å². The number of fused-ring (bicyclic) bond motifs is 3. The molecule has 0 unspecified atom stereocenters. The number of nitrogens with zero attached hydrogens (tertiary/aromatic N) is 4. The zero-order valence-electron chi connectivity index (χ0n) is 33.0. The highest BCUT2D eigenvalue weighted by Gasteiger charge is 2.19. The number of para-hydroxylation sites is 1. The molecular weight excluding hydrogens is 745 g/mol. The summed E-state index contributed by atoms with van der Waals surface area (Å²) < 4.78 is 6.45. The Bertz CT molecular complexity index is 3300. The molecule has 0 N–H and O–H groups in total. The Hall–Kier alpha value is -8.28. The average Bonchev–Trinajstić information content (AvgIpc) is 3.73. The Labute approximate surface area is 353 Å². The maximum atomic E-state index is 6.45. The SMILES string of the molecule is c1ccc(-c2cc(-c3ccccc3)nc(-c3cccc(-c4cccc(-c5cccc(-c6cccc(-c7nc(-c8ccccc8)nc8c7oc7ccccc78)c6)c5)c4)c3)n2)cc1. The molecule has 0 saturated heterocycles. The van der Waals surface area contributed by atoms with Crippen molar-refractivity contribution in [3.8, 4) is 89.9 Å². The maximum Gasteiger partial charge on any atom is 0.180 e. The topological polar surface area (TPSA) is 64.7 Å². The predicted molar refractivity (Wildman–Crippen MR) is 248 cm³/mol. The van der Waals surface area contributed by atoms with Gasteiger partial charge in [-0.25, -0.2) is 19.9 Å². The highest BCUT2D eigenvalue weighted by atomic mass is 16.3. The number of hydrogen-bond acceptors (Lipinski definition) is 5. The van der Waals surface area contributed by atoms with Gasteiger partial charge in [-0.3, -0.25) is 0 Å². The number of rotatable bonds is 8. The lowest BCUT2D eigenvalue weighted by atomic mass is 9.95. The van der Waals surface area contributed by atoms with Gasteiger partial charge in [0.05, 0.1) is 11.4 Å². The summed E-state index contributed by atoms with van der Waals surface area (Å²) in [4.78, 5) is 20.3. The first-order chi connectivity index (χ1) is 30.2. The summed E-state index contributed by atoms with van der Waals surface area (Å²) in [6, 6.07) is 75.3. The van der Waals surface area contributed by atoms with Crippen LogP contribution in [0.1, 0.15) is 0 Å². The van der Waals surface area contributed by atoms with Gasteiger partial charge < -0.3 is 4.42 Å². The summed E-state index contributed by atoms with van der Waals surface area (Å²) in [6.07, 6.45) is 0. The van der Waals surface area contributed by atoms with Crippen LogP contribution in [0.5, 0.6) is 0 Å². The van der Waals surface area contributed by atoms with Crippen molar-refractivity contribution in [1.82, 2.24) is 19.9 Å². The Morgan fingerprint density at radius 1 is 0.279 bits per heavy atom. The minimum absolute atomic E-state index is 0.664. The molecule has 0 amide bonds. The van der Waals surface area contributed by atoms with E-state index in [9.17, 15) is 0 Å². The van der Waals surface area contributed by atoms with Gasteiger partial charge in [0.25, 0.3) is 0 Å². The normalized spacial score (nSPS) is 11.3. The summed E-state index contributed by atoms with van der Waals surface area (Å²) in [5.41, 5.74) is 16.4. The van der Waals surface area contributed by atoms with E-state index < -0.39 is 0 Å². The van der Waals surface area contributed by atoms with E-state index in [-0.39, 0.29) is 0 Å². The lowest BCUT2D eigenvalue weighted by Gasteiger charge is -2.12. The molecule has 0 radical (unpaired) electrons. The maximum absolute atomic E-state index is 6.45. The molecule has 0 spiro atoms. The molecule has 0 bridgehead atoms. The molecule has 11 rings (SSSR count). The first kappa shape index (κ1) is 35.8. The van der Waals surface area contributed by atoms with Gasteiger partial charge in [-0.1, -0.05) is 176 Å². The van der Waals surface area contributed by atoms with E-state index in [1.54, 1.807) is 0 Å². The molecule has 0 saturated carbocycles. The molecule has 0 atom stereocenters. The van der Waals surface area contributed by atoms with Crippen molar-refractivity contribution in [2.45, 2.75) is 0 Å². The quantitative estimate of drug-likeness (QED) is 0.154. The Kier molecular flexibility index (Phi) is 9.10. The first-order valence-corrected chi connectivity index (χ1v) is 20.4. The van der Waals surface area contributed by atoms with E-state index in [1.165, 1.54) is 0 Å². The van der Waals surface area contributed by atoms with E-state index in [2.05, 4.69) is 133 Å². The minimum Gasteiger partial charge on any atom is -0.452 e. The molecule has 61 heavy (non-hydrogen) atoms. The lowest BCUT2D eigenvalue weighted by Crippen LogP contribution is -1.96. The van der Waals surface area contributed by atoms with Gasteiger partial charge in [-0.15, -0.1) is 0 Å². The van der Waals surface area contributed by atoms with E-state index in [4.69, 9.17) is 24.4 Å². The van der Waals surface area contributed by atoms with Crippen molar-refractivity contribution < 1.29 is 4.42 Å². The van der Waals surface area contributed by atoms with Crippen LogP contribution in [0, 0.1) is 0 Å². The lowest BCUT2D eigenvalue weighted by molar-refractivity contribution is 0.667. The molecule has 0 aliphatic carbocycles. The van der Waals surface area contributed by atoms with E-state index in [0.29, 0.717) is 17.2 Å². The van der Waals surface area contributed by atoms with Crippen molar-refractivity contribution in [1.29, 1.82) is 0 Å². The molecule has 0 fully saturated rings. The summed E-state index contributed by atoms with van der Waals surface area (Å²) in [5, 5.41) is 0.971. The van der Waals surface area contributed by atoms with Gasteiger partial charge in [0, 0.05) is 33.2 Å². The highest BCUT2D eigenvalue weighted by Crippen LogP contribution is 2.38. The average molecular weight is 781 g/mol. The van der Waals surface area contributed by atoms with Gasteiger partial charge in [-0.2, -0.15) is 0 Å². The van der Waals surface area contributed by atoms with Gasteiger partial charge in [-0.05, 0) is 75.8 Å². The highest BCUT2D eigenvalue weighted by molar-refractivity contribution is 6.07. The fourth-order valence-electron chi connectivity index (χ4n) is 8.03. The van der Waals surface area contributed by atoms with Crippen molar-refractivity contribution in [2.24, 2.45) is 0 Å². The molecule has 3 heterocycles. The number of benzene rings is 8. The van der Waals surface area contributed by atoms with Crippen LogP contribution in [0.2, 0.25) is 0 Å². The third kappa shape index (κ3) is 7.04. The third-order valence-electron chi connectivity index (χ3n) is 11.1. The summed E-state index contributed by atoms with van der Waals surface area (Å²) in [6.45, 7) is 0. The van der Waals surface area contributed by atoms with Crippen LogP contribution in [0.15, 0.2) is 223 Å².